The van der Waals surface area contributed by atoms with Crippen LogP contribution in [0.5, 0.6) is 0 Å². The predicted octanol–water partition coefficient (Wildman–Crippen LogP) is 1.65. The lowest BCUT2D eigenvalue weighted by molar-refractivity contribution is -0.154. The van der Waals surface area contributed by atoms with E-state index >= 15 is 0 Å². The van der Waals surface area contributed by atoms with Crippen LogP contribution in [0.4, 0.5) is 0 Å². The van der Waals surface area contributed by atoms with Crippen molar-refractivity contribution in [1.29, 1.82) is 0 Å². The Morgan fingerprint density at radius 3 is 2.21 bits per heavy atom. The Hall–Kier alpha value is -1.10. The van der Waals surface area contributed by atoms with E-state index < -0.39 is 5.60 Å². The second-order valence-electron chi connectivity index (χ2n) is 6.04. The highest BCUT2D eigenvalue weighted by atomic mass is 16.6. The van der Waals surface area contributed by atoms with Crippen molar-refractivity contribution < 1.29 is 19.1 Å². The van der Waals surface area contributed by atoms with Crippen LogP contribution in [0.25, 0.3) is 0 Å². The zero-order valence-electron chi connectivity index (χ0n) is 12.3. The van der Waals surface area contributed by atoms with Crippen molar-refractivity contribution in [2.24, 2.45) is 5.92 Å². The van der Waals surface area contributed by atoms with Crippen LogP contribution in [0.3, 0.4) is 0 Å². The number of ether oxygens (including phenoxy) is 2. The molecule has 110 valence electrons. The molecule has 0 radical (unpaired) electrons. The molecule has 0 aromatic heterocycles. The van der Waals surface area contributed by atoms with Crippen molar-refractivity contribution in [1.82, 2.24) is 5.32 Å². The van der Waals surface area contributed by atoms with E-state index in [9.17, 15) is 9.59 Å². The Bertz CT molecular complexity index is 314. The van der Waals surface area contributed by atoms with Gasteiger partial charge in [-0.3, -0.25) is 9.59 Å². The maximum absolute atomic E-state index is 11.6. The van der Waals surface area contributed by atoms with Gasteiger partial charge in [0.2, 0.25) is 0 Å². The van der Waals surface area contributed by atoms with Gasteiger partial charge >= 0.3 is 11.9 Å². The number of rotatable bonds is 4. The van der Waals surface area contributed by atoms with Gasteiger partial charge in [0.05, 0.1) is 19.6 Å². The van der Waals surface area contributed by atoms with Crippen molar-refractivity contribution in [2.75, 3.05) is 13.7 Å². The summed E-state index contributed by atoms with van der Waals surface area (Å²) in [5.41, 5.74) is -0.443. The van der Waals surface area contributed by atoms with Gasteiger partial charge in [-0.2, -0.15) is 0 Å². The van der Waals surface area contributed by atoms with Crippen molar-refractivity contribution >= 4 is 11.9 Å². The summed E-state index contributed by atoms with van der Waals surface area (Å²) in [6.45, 7) is 5.79. The van der Waals surface area contributed by atoms with Gasteiger partial charge in [0, 0.05) is 6.04 Å². The Balaban J connectivity index is 2.23. The SMILES string of the molecule is COC(=O)[C@H]1CC[C@H](NCC(=O)OC(C)(C)C)CC1. The molecule has 1 rings (SSSR count). The lowest BCUT2D eigenvalue weighted by Gasteiger charge is -2.28. The average molecular weight is 271 g/mol. The van der Waals surface area contributed by atoms with Gasteiger partial charge < -0.3 is 14.8 Å². The highest BCUT2D eigenvalue weighted by Gasteiger charge is 2.27. The molecule has 1 fully saturated rings. The topological polar surface area (TPSA) is 64.6 Å². The number of carbonyl (C=O) groups excluding carboxylic acids is 2. The molecule has 0 saturated heterocycles. The van der Waals surface area contributed by atoms with Gasteiger partial charge in [0.25, 0.3) is 0 Å². The van der Waals surface area contributed by atoms with E-state index in [1.165, 1.54) is 7.11 Å². The van der Waals surface area contributed by atoms with E-state index in [4.69, 9.17) is 9.47 Å². The number of hydrogen-bond acceptors (Lipinski definition) is 5. The fourth-order valence-corrected chi connectivity index (χ4v) is 2.31. The van der Waals surface area contributed by atoms with Gasteiger partial charge in [0.1, 0.15) is 5.60 Å². The standard InChI is InChI=1S/C14H25NO4/c1-14(2,3)19-12(16)9-15-11-7-5-10(6-8-11)13(17)18-4/h10-11,15H,5-9H2,1-4H3/t10-,11-. The van der Waals surface area contributed by atoms with Crippen molar-refractivity contribution in [2.45, 2.75) is 58.1 Å². The van der Waals surface area contributed by atoms with E-state index in [1.807, 2.05) is 20.8 Å². The van der Waals surface area contributed by atoms with Crippen molar-refractivity contribution in [3.63, 3.8) is 0 Å². The molecule has 0 heterocycles. The predicted molar refractivity (Wildman–Crippen MR) is 71.6 cm³/mol. The van der Waals surface area contributed by atoms with E-state index in [1.54, 1.807) is 0 Å². The van der Waals surface area contributed by atoms with Crippen LogP contribution in [-0.2, 0) is 19.1 Å². The molecule has 5 nitrogen and oxygen atoms in total. The van der Waals surface area contributed by atoms with Crippen LogP contribution in [-0.4, -0.2) is 37.2 Å². The second kappa shape index (κ2) is 6.89. The summed E-state index contributed by atoms with van der Waals surface area (Å²) in [6, 6.07) is 0.286. The molecule has 0 aromatic carbocycles. The van der Waals surface area contributed by atoms with E-state index in [0.717, 1.165) is 25.7 Å². The molecule has 0 aromatic rings. The summed E-state index contributed by atoms with van der Waals surface area (Å²) in [5, 5.41) is 3.19. The van der Waals surface area contributed by atoms with Crippen LogP contribution < -0.4 is 5.32 Å². The molecule has 1 aliphatic carbocycles. The first-order valence-corrected chi connectivity index (χ1v) is 6.85. The van der Waals surface area contributed by atoms with Gasteiger partial charge in [0.15, 0.2) is 0 Å². The maximum Gasteiger partial charge on any atom is 0.320 e. The zero-order chi connectivity index (χ0) is 14.5. The average Bonchev–Trinajstić information content (AvgIpc) is 2.34. The first-order chi connectivity index (χ1) is 8.81. The third kappa shape index (κ3) is 6.05. The molecule has 0 bridgehead atoms. The lowest BCUT2D eigenvalue weighted by atomic mass is 9.86. The third-order valence-electron chi connectivity index (χ3n) is 3.22. The molecule has 19 heavy (non-hydrogen) atoms. The van der Waals surface area contributed by atoms with Gasteiger partial charge in [-0.1, -0.05) is 0 Å². The third-order valence-corrected chi connectivity index (χ3v) is 3.22. The van der Waals surface area contributed by atoms with E-state index in [-0.39, 0.29) is 30.4 Å². The van der Waals surface area contributed by atoms with E-state index in [0.29, 0.717) is 0 Å². The van der Waals surface area contributed by atoms with E-state index in [2.05, 4.69) is 5.32 Å². The lowest BCUT2D eigenvalue weighted by Crippen LogP contribution is -2.40. The molecule has 0 spiro atoms. The summed E-state index contributed by atoms with van der Waals surface area (Å²) in [4.78, 5) is 22.9. The number of esters is 2. The van der Waals surface area contributed by atoms with Crippen molar-refractivity contribution in [3.05, 3.63) is 0 Å². The Morgan fingerprint density at radius 2 is 1.74 bits per heavy atom. The number of nitrogens with one attached hydrogen (secondary N) is 1. The molecule has 5 heteroatoms. The summed E-state index contributed by atoms with van der Waals surface area (Å²) < 4.78 is 9.97. The molecule has 1 aliphatic rings. The van der Waals surface area contributed by atoms with Crippen LogP contribution in [0.1, 0.15) is 46.5 Å². The molecular formula is C14H25NO4. The number of hydrogen-bond donors (Lipinski definition) is 1. The molecule has 0 aliphatic heterocycles. The fraction of sp³-hybridized carbons (Fsp3) is 0.857. The Kier molecular flexibility index (Phi) is 5.79. The zero-order valence-corrected chi connectivity index (χ0v) is 12.3. The molecular weight excluding hydrogens is 246 g/mol. The quantitative estimate of drug-likeness (QED) is 0.788. The smallest absolute Gasteiger partial charge is 0.320 e. The molecule has 0 amide bonds. The summed E-state index contributed by atoms with van der Waals surface area (Å²) in [5.74, 6) is -0.335. The van der Waals surface area contributed by atoms with Crippen LogP contribution >= 0.6 is 0 Å². The first kappa shape index (κ1) is 16.0. The minimum absolute atomic E-state index is 0.0181. The van der Waals surface area contributed by atoms with Crippen molar-refractivity contribution in [3.8, 4) is 0 Å². The first-order valence-electron chi connectivity index (χ1n) is 6.85. The maximum atomic E-state index is 11.6. The molecule has 1 N–H and O–H groups in total. The van der Waals surface area contributed by atoms with Gasteiger partial charge in [-0.05, 0) is 46.5 Å². The summed E-state index contributed by atoms with van der Waals surface area (Å²) in [7, 11) is 1.43. The Morgan fingerprint density at radius 1 is 1.16 bits per heavy atom. The highest BCUT2D eigenvalue weighted by Crippen LogP contribution is 2.25. The minimum Gasteiger partial charge on any atom is -0.469 e. The second-order valence-corrected chi connectivity index (χ2v) is 6.04. The fourth-order valence-electron chi connectivity index (χ4n) is 2.31. The summed E-state index contributed by atoms with van der Waals surface area (Å²) in [6.07, 6.45) is 3.42. The minimum atomic E-state index is -0.443. The summed E-state index contributed by atoms with van der Waals surface area (Å²) >= 11 is 0. The highest BCUT2D eigenvalue weighted by molar-refractivity contribution is 5.72. The van der Waals surface area contributed by atoms with Crippen LogP contribution in [0.15, 0.2) is 0 Å². The van der Waals surface area contributed by atoms with Gasteiger partial charge in [-0.15, -0.1) is 0 Å². The van der Waals surface area contributed by atoms with Crippen LogP contribution in [0.2, 0.25) is 0 Å². The van der Waals surface area contributed by atoms with Crippen LogP contribution in [0, 0.1) is 5.92 Å². The number of methoxy groups -OCH3 is 1. The molecule has 0 unspecified atom stereocenters. The normalized spacial score (nSPS) is 23.8. The molecule has 1 saturated carbocycles. The Labute approximate surface area is 115 Å². The largest absolute Gasteiger partial charge is 0.469 e. The monoisotopic (exact) mass is 271 g/mol. The van der Waals surface area contributed by atoms with Gasteiger partial charge in [-0.25, -0.2) is 0 Å². The molecule has 0 atom stereocenters. The number of carbonyl (C=O) groups is 2.